The first-order chi connectivity index (χ1) is 18.2. The van der Waals surface area contributed by atoms with Gasteiger partial charge in [0.1, 0.15) is 21.5 Å². The lowest BCUT2D eigenvalue weighted by molar-refractivity contribution is -0.122. The summed E-state index contributed by atoms with van der Waals surface area (Å²) in [4.78, 5) is 38.4. The molecule has 4 heterocycles. The van der Waals surface area contributed by atoms with Crippen LogP contribution >= 0.6 is 24.0 Å². The second-order valence-corrected chi connectivity index (χ2v) is 11.6. The van der Waals surface area contributed by atoms with Gasteiger partial charge in [-0.05, 0) is 54.8 Å². The molecule has 1 aromatic carbocycles. The number of pyridine rings is 1. The number of carbonyl (C=O) groups is 1. The Kier molecular flexibility index (Phi) is 7.45. The lowest BCUT2D eigenvalue weighted by Gasteiger charge is -2.37. The van der Waals surface area contributed by atoms with E-state index in [1.54, 1.807) is 28.7 Å². The molecule has 10 heteroatoms. The zero-order chi connectivity index (χ0) is 27.0. The maximum Gasteiger partial charge on any atom is 0.267 e. The molecule has 0 N–H and O–H groups in total. The van der Waals surface area contributed by atoms with Gasteiger partial charge in [-0.25, -0.2) is 4.98 Å². The van der Waals surface area contributed by atoms with Gasteiger partial charge < -0.3 is 14.5 Å². The molecule has 2 aliphatic heterocycles. The van der Waals surface area contributed by atoms with Crippen molar-refractivity contribution in [2.24, 2.45) is 5.92 Å². The molecule has 0 bridgehead atoms. The fourth-order valence-corrected chi connectivity index (χ4v) is 5.99. The van der Waals surface area contributed by atoms with Gasteiger partial charge in [-0.15, -0.1) is 0 Å². The van der Waals surface area contributed by atoms with Crippen LogP contribution in [0.4, 0.5) is 11.5 Å². The molecular formula is C28H31N5O3S2. The molecule has 0 aliphatic carbocycles. The summed E-state index contributed by atoms with van der Waals surface area (Å²) in [6, 6.07) is 11.8. The van der Waals surface area contributed by atoms with Crippen molar-refractivity contribution in [2.45, 2.75) is 20.8 Å². The topological polar surface area (TPSA) is 70.4 Å². The Hall–Kier alpha value is -3.37. The van der Waals surface area contributed by atoms with E-state index >= 15 is 0 Å². The maximum atomic E-state index is 13.8. The van der Waals surface area contributed by atoms with Crippen LogP contribution in [-0.2, 0) is 4.79 Å². The van der Waals surface area contributed by atoms with E-state index in [9.17, 15) is 9.59 Å². The van der Waals surface area contributed by atoms with Gasteiger partial charge in [-0.1, -0.05) is 43.9 Å². The van der Waals surface area contributed by atoms with Crippen molar-refractivity contribution in [2.75, 3.05) is 49.6 Å². The first kappa shape index (κ1) is 26.2. The summed E-state index contributed by atoms with van der Waals surface area (Å²) in [5.41, 5.74) is 2.88. The van der Waals surface area contributed by atoms with Crippen molar-refractivity contribution < 1.29 is 9.53 Å². The van der Waals surface area contributed by atoms with Crippen LogP contribution in [0.15, 0.2) is 52.3 Å². The molecular weight excluding hydrogens is 518 g/mol. The summed E-state index contributed by atoms with van der Waals surface area (Å²) in [6.45, 7) is 9.52. The molecule has 0 atom stereocenters. The summed E-state index contributed by atoms with van der Waals surface area (Å²) < 4.78 is 7.37. The minimum Gasteiger partial charge on any atom is -0.497 e. The van der Waals surface area contributed by atoms with Crippen molar-refractivity contribution >= 4 is 57.4 Å². The first-order valence-corrected chi connectivity index (χ1v) is 13.9. The SMILES string of the molecule is COc1ccc(N2CCN(c3nc4ccc(C)cn4c(=O)c3/C=C3\SC(=S)N(CC(C)C)C3=O)CC2)cc1. The van der Waals surface area contributed by atoms with E-state index in [2.05, 4.69) is 21.9 Å². The smallest absolute Gasteiger partial charge is 0.267 e. The van der Waals surface area contributed by atoms with Crippen molar-refractivity contribution in [3.8, 4) is 5.75 Å². The molecule has 2 aromatic heterocycles. The number of carbonyl (C=O) groups excluding carboxylic acids is 1. The predicted octanol–water partition coefficient (Wildman–Crippen LogP) is 4.20. The molecule has 5 rings (SSSR count). The van der Waals surface area contributed by atoms with Crippen LogP contribution in [0.25, 0.3) is 11.7 Å². The van der Waals surface area contributed by atoms with Gasteiger partial charge in [0.05, 0.1) is 17.6 Å². The lowest BCUT2D eigenvalue weighted by atomic mass is 10.2. The quantitative estimate of drug-likeness (QED) is 0.335. The number of methoxy groups -OCH3 is 1. The number of aromatic nitrogens is 2. The average Bonchev–Trinajstić information content (AvgIpc) is 3.17. The first-order valence-electron chi connectivity index (χ1n) is 12.7. The number of thioether (sulfide) groups is 1. The zero-order valence-corrected chi connectivity index (χ0v) is 23.6. The molecule has 38 heavy (non-hydrogen) atoms. The standard InChI is InChI=1S/C28H31N5O3S2/c1-18(2)16-33-27(35)23(38-28(33)37)15-22-25(29-24-10-5-19(3)17-32(24)26(22)34)31-13-11-30(12-14-31)20-6-8-21(36-4)9-7-20/h5-10,15,17-18H,11-14,16H2,1-4H3/b23-15-. The number of hydrogen-bond acceptors (Lipinski definition) is 8. The third kappa shape index (κ3) is 5.15. The lowest BCUT2D eigenvalue weighted by Crippen LogP contribution is -2.47. The minimum atomic E-state index is -0.194. The van der Waals surface area contributed by atoms with Crippen LogP contribution in [0.2, 0.25) is 0 Å². The van der Waals surface area contributed by atoms with Crippen molar-refractivity contribution in [3.05, 3.63) is 69.0 Å². The normalized spacial score (nSPS) is 17.4. The number of nitrogens with zero attached hydrogens (tertiary/aromatic N) is 5. The maximum absolute atomic E-state index is 13.8. The number of piperazine rings is 1. The highest BCUT2D eigenvalue weighted by atomic mass is 32.2. The zero-order valence-electron chi connectivity index (χ0n) is 22.0. The summed E-state index contributed by atoms with van der Waals surface area (Å²) >= 11 is 6.74. The Labute approximate surface area is 231 Å². The second kappa shape index (κ2) is 10.8. The fraction of sp³-hybridized carbons (Fsp3) is 0.357. The van der Waals surface area contributed by atoms with Crippen LogP contribution in [-0.4, -0.2) is 64.3 Å². The second-order valence-electron chi connectivity index (χ2n) is 9.95. The van der Waals surface area contributed by atoms with E-state index in [-0.39, 0.29) is 17.4 Å². The molecule has 2 saturated heterocycles. The minimum absolute atomic E-state index is 0.155. The Bertz CT molecular complexity index is 1470. The molecule has 8 nitrogen and oxygen atoms in total. The van der Waals surface area contributed by atoms with E-state index in [0.717, 1.165) is 30.1 Å². The monoisotopic (exact) mass is 549 g/mol. The van der Waals surface area contributed by atoms with Crippen LogP contribution in [0, 0.1) is 12.8 Å². The van der Waals surface area contributed by atoms with Crippen molar-refractivity contribution in [1.82, 2.24) is 14.3 Å². The third-order valence-electron chi connectivity index (χ3n) is 6.70. The molecule has 0 radical (unpaired) electrons. The number of amides is 1. The molecule has 198 valence electrons. The Balaban J connectivity index is 1.50. The van der Waals surface area contributed by atoms with Gasteiger partial charge in [0.2, 0.25) is 0 Å². The van der Waals surface area contributed by atoms with Gasteiger partial charge in [0.25, 0.3) is 11.5 Å². The predicted molar refractivity (Wildman–Crippen MR) is 158 cm³/mol. The van der Waals surface area contributed by atoms with Crippen LogP contribution < -0.4 is 20.1 Å². The van der Waals surface area contributed by atoms with Crippen molar-refractivity contribution in [1.29, 1.82) is 0 Å². The van der Waals surface area contributed by atoms with E-state index in [4.69, 9.17) is 21.9 Å². The average molecular weight is 550 g/mol. The number of ether oxygens (including phenoxy) is 1. The Morgan fingerprint density at radius 3 is 2.39 bits per heavy atom. The van der Waals surface area contributed by atoms with Crippen LogP contribution in [0.1, 0.15) is 25.0 Å². The highest BCUT2D eigenvalue weighted by Gasteiger charge is 2.33. The number of anilines is 2. The summed E-state index contributed by atoms with van der Waals surface area (Å²) in [6.07, 6.45) is 3.48. The molecule has 2 aliphatic rings. The van der Waals surface area contributed by atoms with Gasteiger partial charge in [-0.3, -0.25) is 18.9 Å². The third-order valence-corrected chi connectivity index (χ3v) is 8.08. The largest absolute Gasteiger partial charge is 0.497 e. The number of aryl methyl sites for hydroxylation is 1. The number of hydrogen-bond donors (Lipinski definition) is 0. The summed E-state index contributed by atoms with van der Waals surface area (Å²) in [5.74, 6) is 1.55. The molecule has 3 aromatic rings. The molecule has 1 amide bonds. The van der Waals surface area contributed by atoms with Crippen molar-refractivity contribution in [3.63, 3.8) is 0 Å². The molecule has 0 saturated carbocycles. The molecule has 0 unspecified atom stereocenters. The number of benzene rings is 1. The van der Waals surface area contributed by atoms with Crippen LogP contribution in [0.5, 0.6) is 5.75 Å². The van der Waals surface area contributed by atoms with E-state index in [1.807, 2.05) is 45.0 Å². The number of fused-ring (bicyclic) bond motifs is 1. The van der Waals surface area contributed by atoms with Gasteiger partial charge in [-0.2, -0.15) is 0 Å². The number of thiocarbonyl (C=S) groups is 1. The van der Waals surface area contributed by atoms with E-state index in [1.165, 1.54) is 11.8 Å². The Morgan fingerprint density at radius 2 is 1.74 bits per heavy atom. The molecule has 2 fully saturated rings. The van der Waals surface area contributed by atoms with E-state index < -0.39 is 0 Å². The number of rotatable bonds is 6. The summed E-state index contributed by atoms with van der Waals surface area (Å²) in [5, 5.41) is 0. The van der Waals surface area contributed by atoms with Gasteiger partial charge in [0, 0.05) is 44.6 Å². The fourth-order valence-electron chi connectivity index (χ4n) is 4.74. The highest BCUT2D eigenvalue weighted by Crippen LogP contribution is 2.34. The van der Waals surface area contributed by atoms with Gasteiger partial charge in [0.15, 0.2) is 0 Å². The van der Waals surface area contributed by atoms with Crippen LogP contribution in [0.3, 0.4) is 0 Å². The highest BCUT2D eigenvalue weighted by molar-refractivity contribution is 8.26. The van der Waals surface area contributed by atoms with Gasteiger partial charge >= 0.3 is 0 Å². The van der Waals surface area contributed by atoms with E-state index in [0.29, 0.717) is 45.9 Å². The Morgan fingerprint density at radius 1 is 1.05 bits per heavy atom. The summed E-state index contributed by atoms with van der Waals surface area (Å²) in [7, 11) is 1.66. The molecule has 0 spiro atoms.